The highest BCUT2D eigenvalue weighted by molar-refractivity contribution is 6.04. The van der Waals surface area contributed by atoms with Crippen LogP contribution < -0.4 is 9.47 Å². The van der Waals surface area contributed by atoms with Gasteiger partial charge in [-0.1, -0.05) is 12.1 Å². The summed E-state index contributed by atoms with van der Waals surface area (Å²) in [6, 6.07) is 15.3. The van der Waals surface area contributed by atoms with Crippen LogP contribution in [0.5, 0.6) is 11.5 Å². The maximum absolute atomic E-state index is 12.4. The molecule has 7 nitrogen and oxygen atoms in total. The van der Waals surface area contributed by atoms with Crippen LogP contribution in [0.2, 0.25) is 0 Å². The molecule has 0 saturated carbocycles. The van der Waals surface area contributed by atoms with Gasteiger partial charge >= 0.3 is 0 Å². The molecule has 7 heteroatoms. The summed E-state index contributed by atoms with van der Waals surface area (Å²) in [6.45, 7) is 0. The van der Waals surface area contributed by atoms with E-state index in [9.17, 15) is 4.79 Å². The van der Waals surface area contributed by atoms with Gasteiger partial charge in [0.05, 0.1) is 25.6 Å². The van der Waals surface area contributed by atoms with Gasteiger partial charge in [0, 0.05) is 36.9 Å². The Morgan fingerprint density at radius 3 is 1.69 bits per heavy atom. The molecule has 0 amide bonds. The molecule has 4 aromatic rings. The quantitative estimate of drug-likeness (QED) is 0.391. The number of carbonyl (C=O) groups is 1. The summed E-state index contributed by atoms with van der Waals surface area (Å²) >= 11 is 0. The highest BCUT2D eigenvalue weighted by Crippen LogP contribution is 2.19. The fourth-order valence-corrected chi connectivity index (χ4v) is 3.20. The number of benzene rings is 2. The summed E-state index contributed by atoms with van der Waals surface area (Å²) < 4.78 is 14.3. The van der Waals surface area contributed by atoms with Crippen LogP contribution in [-0.4, -0.2) is 39.1 Å². The van der Waals surface area contributed by atoms with Crippen molar-refractivity contribution < 1.29 is 14.3 Å². The number of imidazole rings is 2. The zero-order valence-electron chi connectivity index (χ0n) is 17.8. The molecule has 0 bridgehead atoms. The summed E-state index contributed by atoms with van der Waals surface area (Å²) in [7, 11) is 3.25. The molecule has 0 aliphatic heterocycles. The largest absolute Gasteiger partial charge is 0.497 e. The first-order chi connectivity index (χ1) is 15.7. The van der Waals surface area contributed by atoms with E-state index in [1.165, 1.54) is 12.2 Å². The molecule has 0 fully saturated rings. The van der Waals surface area contributed by atoms with Crippen LogP contribution >= 0.6 is 0 Å². The minimum Gasteiger partial charge on any atom is -0.497 e. The van der Waals surface area contributed by atoms with Gasteiger partial charge in [-0.25, -0.2) is 9.97 Å². The molecule has 0 spiro atoms. The number of aromatic nitrogens is 4. The summed E-state index contributed by atoms with van der Waals surface area (Å²) in [5, 5.41) is 0. The molecule has 0 aliphatic rings. The first-order valence-electron chi connectivity index (χ1n) is 9.93. The van der Waals surface area contributed by atoms with Crippen molar-refractivity contribution >= 4 is 17.9 Å². The van der Waals surface area contributed by atoms with Crippen molar-refractivity contribution in [3.63, 3.8) is 0 Å². The molecular weight excluding hydrogens is 404 g/mol. The van der Waals surface area contributed by atoms with Crippen molar-refractivity contribution in [3.05, 3.63) is 97.1 Å². The van der Waals surface area contributed by atoms with Crippen LogP contribution in [0, 0.1) is 0 Å². The number of methoxy groups -OCH3 is 2. The number of allylic oxidation sites excluding steroid dienone is 2. The maximum atomic E-state index is 12.4. The minimum absolute atomic E-state index is 0.176. The average Bonchev–Trinajstić information content (AvgIpc) is 3.51. The number of carbonyl (C=O) groups excluding carboxylic acids is 1. The monoisotopic (exact) mass is 426 g/mol. The Morgan fingerprint density at radius 1 is 0.781 bits per heavy atom. The van der Waals surface area contributed by atoms with E-state index < -0.39 is 0 Å². The smallest absolute Gasteiger partial charge is 0.178 e. The Kier molecular flexibility index (Phi) is 6.27. The standard InChI is InChI=1S/C25H22N4O3/c1-31-22-7-3-5-19(17-22)28-15-13-26-24(28)11-9-21(30)10-12-25-27-14-16-29(25)20-6-4-8-23(18-20)32-2/h3-18H,1-2H3/b11-9+,12-10+. The Labute approximate surface area is 185 Å². The van der Waals surface area contributed by atoms with Gasteiger partial charge in [-0.3, -0.25) is 4.79 Å². The van der Waals surface area contributed by atoms with Crippen molar-refractivity contribution in [1.29, 1.82) is 0 Å². The molecule has 0 unspecified atom stereocenters. The van der Waals surface area contributed by atoms with Crippen molar-refractivity contribution in [3.8, 4) is 22.9 Å². The lowest BCUT2D eigenvalue weighted by Gasteiger charge is -2.07. The second-order valence-corrected chi connectivity index (χ2v) is 6.78. The van der Waals surface area contributed by atoms with Crippen LogP contribution in [-0.2, 0) is 4.79 Å². The second-order valence-electron chi connectivity index (χ2n) is 6.78. The molecule has 0 radical (unpaired) electrons. The van der Waals surface area contributed by atoms with Crippen LogP contribution in [0.4, 0.5) is 0 Å². The lowest BCUT2D eigenvalue weighted by molar-refractivity contribution is -0.110. The highest BCUT2D eigenvalue weighted by Gasteiger charge is 2.05. The lowest BCUT2D eigenvalue weighted by Crippen LogP contribution is -1.98. The normalized spacial score (nSPS) is 11.3. The fraction of sp³-hybridized carbons (Fsp3) is 0.0800. The number of rotatable bonds is 8. The van der Waals surface area contributed by atoms with Crippen molar-refractivity contribution in [1.82, 2.24) is 19.1 Å². The zero-order valence-corrected chi connectivity index (χ0v) is 17.8. The van der Waals surface area contributed by atoms with E-state index in [-0.39, 0.29) is 5.78 Å². The lowest BCUT2D eigenvalue weighted by atomic mass is 10.2. The molecule has 2 aromatic carbocycles. The Balaban J connectivity index is 1.50. The average molecular weight is 426 g/mol. The van der Waals surface area contributed by atoms with Crippen molar-refractivity contribution in [2.75, 3.05) is 14.2 Å². The molecule has 4 rings (SSSR count). The molecule has 0 aliphatic carbocycles. The zero-order chi connectivity index (χ0) is 22.3. The number of hydrogen-bond donors (Lipinski definition) is 0. The van der Waals surface area contributed by atoms with Crippen LogP contribution in [0.25, 0.3) is 23.5 Å². The summed E-state index contributed by atoms with van der Waals surface area (Å²) in [5.74, 6) is 2.59. The molecular formula is C25H22N4O3. The maximum Gasteiger partial charge on any atom is 0.178 e. The molecule has 0 atom stereocenters. The second kappa shape index (κ2) is 9.61. The first kappa shape index (κ1) is 20.9. The third-order valence-electron chi connectivity index (χ3n) is 4.80. The SMILES string of the molecule is COc1cccc(-n2ccnc2/C=C/C(=O)/C=C/c2nccn2-c2cccc(OC)c2)c1. The van der Waals surface area contributed by atoms with Crippen LogP contribution in [0.15, 0.2) is 85.5 Å². The topological polar surface area (TPSA) is 71.2 Å². The first-order valence-corrected chi connectivity index (χ1v) is 9.93. The van der Waals surface area contributed by atoms with Crippen molar-refractivity contribution in [2.24, 2.45) is 0 Å². The van der Waals surface area contributed by atoms with Gasteiger partial charge in [0.2, 0.25) is 0 Å². The van der Waals surface area contributed by atoms with E-state index >= 15 is 0 Å². The number of ketones is 1. The molecule has 160 valence electrons. The predicted octanol–water partition coefficient (Wildman–Crippen LogP) is 4.37. The minimum atomic E-state index is -0.176. The number of ether oxygens (including phenoxy) is 2. The molecule has 0 saturated heterocycles. The highest BCUT2D eigenvalue weighted by atomic mass is 16.5. The summed E-state index contributed by atoms with van der Waals surface area (Å²) in [5.41, 5.74) is 1.79. The van der Waals surface area contributed by atoms with Gasteiger partial charge in [0.15, 0.2) is 5.78 Å². The van der Waals surface area contributed by atoms with Gasteiger partial charge in [0.25, 0.3) is 0 Å². The Bertz CT molecular complexity index is 1190. The van der Waals surface area contributed by atoms with E-state index in [2.05, 4.69) is 9.97 Å². The van der Waals surface area contributed by atoms with E-state index in [0.717, 1.165) is 22.9 Å². The van der Waals surface area contributed by atoms with E-state index in [1.54, 1.807) is 38.8 Å². The summed E-state index contributed by atoms with van der Waals surface area (Å²) in [6.07, 6.45) is 13.4. The Hall–Kier alpha value is -4.39. The van der Waals surface area contributed by atoms with Crippen LogP contribution in [0.1, 0.15) is 11.6 Å². The van der Waals surface area contributed by atoms with Gasteiger partial charge < -0.3 is 18.6 Å². The predicted molar refractivity (Wildman–Crippen MR) is 123 cm³/mol. The van der Waals surface area contributed by atoms with Crippen molar-refractivity contribution in [2.45, 2.75) is 0 Å². The third-order valence-corrected chi connectivity index (χ3v) is 4.80. The van der Waals surface area contributed by atoms with Gasteiger partial charge in [-0.05, 0) is 48.6 Å². The van der Waals surface area contributed by atoms with Gasteiger partial charge in [-0.2, -0.15) is 0 Å². The fourth-order valence-electron chi connectivity index (χ4n) is 3.20. The summed E-state index contributed by atoms with van der Waals surface area (Å²) in [4.78, 5) is 21.1. The Morgan fingerprint density at radius 2 is 1.25 bits per heavy atom. The third kappa shape index (κ3) is 4.67. The van der Waals surface area contributed by atoms with Crippen LogP contribution in [0.3, 0.4) is 0 Å². The molecule has 0 N–H and O–H groups in total. The van der Waals surface area contributed by atoms with E-state index in [1.807, 2.05) is 70.1 Å². The van der Waals surface area contributed by atoms with Gasteiger partial charge in [0.1, 0.15) is 23.1 Å². The van der Waals surface area contributed by atoms with E-state index in [4.69, 9.17) is 9.47 Å². The number of hydrogen-bond acceptors (Lipinski definition) is 5. The van der Waals surface area contributed by atoms with E-state index in [0.29, 0.717) is 11.6 Å². The molecule has 32 heavy (non-hydrogen) atoms. The van der Waals surface area contributed by atoms with Gasteiger partial charge in [-0.15, -0.1) is 0 Å². The number of nitrogens with zero attached hydrogens (tertiary/aromatic N) is 4. The molecule has 2 aromatic heterocycles. The molecule has 2 heterocycles.